The number of carboxylic acids is 1. The molecule has 2 unspecified atom stereocenters. The monoisotopic (exact) mass is 892 g/mol. The predicted octanol–water partition coefficient (Wildman–Crippen LogP) is 14.5. The predicted molar refractivity (Wildman–Crippen MR) is 264 cm³/mol. The summed E-state index contributed by atoms with van der Waals surface area (Å²) >= 11 is 0. The Kier molecular flexibility index (Phi) is 45.2. The molecule has 0 aromatic rings. The molecule has 63 heavy (non-hydrogen) atoms. The maximum absolute atomic E-state index is 12.8. The molecule has 8 nitrogen and oxygen atoms in total. The number of aliphatic carboxylic acids is 1. The van der Waals surface area contributed by atoms with Gasteiger partial charge in [-0.3, -0.25) is 9.59 Å². The average molecular weight is 892 g/mol. The van der Waals surface area contributed by atoms with Crippen molar-refractivity contribution in [3.8, 4) is 0 Å². The van der Waals surface area contributed by atoms with E-state index >= 15 is 0 Å². The van der Waals surface area contributed by atoms with Gasteiger partial charge >= 0.3 is 11.9 Å². The molecule has 0 saturated carbocycles. The largest absolute Gasteiger partial charge is 0.544 e. The summed E-state index contributed by atoms with van der Waals surface area (Å²) in [7, 11) is 5.43. The number of esters is 2. The van der Waals surface area contributed by atoms with E-state index in [1.54, 1.807) is 0 Å². The Morgan fingerprint density at radius 1 is 0.460 bits per heavy atom. The lowest BCUT2D eigenvalue weighted by Crippen LogP contribution is -2.55. The number of carbonyl (C=O) groups excluding carboxylic acids is 3. The Hall–Kier alpha value is -1.93. The first-order valence-corrected chi connectivity index (χ1v) is 27.2. The number of quaternary nitrogens is 1. The summed E-state index contributed by atoms with van der Waals surface area (Å²) in [6.45, 7) is 4.70. The summed E-state index contributed by atoms with van der Waals surface area (Å²) in [5.74, 6) is -1.72. The SMILES string of the molecule is CCCCCCCC/C=C\CCCCCCCC(=O)OC(COCCC(C(=O)[O-])[N+](C)(C)C)COC(=O)CCCCCCCCCCCCCCCCCCCCCCCCCC. The van der Waals surface area contributed by atoms with Gasteiger partial charge in [0, 0.05) is 19.3 Å². The van der Waals surface area contributed by atoms with Gasteiger partial charge in [0.05, 0.1) is 40.3 Å². The van der Waals surface area contributed by atoms with Crippen LogP contribution in [0.5, 0.6) is 0 Å². The molecule has 0 radical (unpaired) electrons. The average Bonchev–Trinajstić information content (AvgIpc) is 3.24. The fourth-order valence-corrected chi connectivity index (χ4v) is 8.42. The summed E-state index contributed by atoms with van der Waals surface area (Å²) in [5, 5.41) is 11.7. The second-order valence-corrected chi connectivity index (χ2v) is 19.8. The van der Waals surface area contributed by atoms with Crippen LogP contribution in [0.4, 0.5) is 0 Å². The third-order valence-electron chi connectivity index (χ3n) is 12.7. The van der Waals surface area contributed by atoms with E-state index in [9.17, 15) is 19.5 Å². The van der Waals surface area contributed by atoms with E-state index in [1.807, 2.05) is 21.1 Å². The number of carboxylic acid groups (broad SMARTS) is 1. The molecule has 0 heterocycles. The first-order chi connectivity index (χ1) is 30.6. The standard InChI is InChI=1S/C55H105NO7/c1-6-8-10-12-14-16-18-20-22-23-24-25-26-27-28-29-30-32-33-35-37-39-41-43-45-53(57)62-50-51(49-61-48-47-52(55(59)60)56(3,4)5)63-54(58)46-44-42-40-38-36-34-31-21-19-17-15-13-11-9-7-2/h21,31,51-52H,6-20,22-30,32-50H2,1-5H3/b31-21-. The quantitative estimate of drug-likeness (QED) is 0.0259. The third-order valence-corrected chi connectivity index (χ3v) is 12.7. The van der Waals surface area contributed by atoms with Crippen molar-refractivity contribution in [3.63, 3.8) is 0 Å². The Morgan fingerprint density at radius 2 is 0.794 bits per heavy atom. The smallest absolute Gasteiger partial charge is 0.306 e. The molecule has 0 bridgehead atoms. The van der Waals surface area contributed by atoms with Crippen LogP contribution in [0.2, 0.25) is 0 Å². The number of unbranched alkanes of at least 4 members (excludes halogenated alkanes) is 34. The molecule has 0 aromatic heterocycles. The van der Waals surface area contributed by atoms with E-state index in [4.69, 9.17) is 14.2 Å². The van der Waals surface area contributed by atoms with Crippen molar-refractivity contribution in [2.24, 2.45) is 0 Å². The summed E-state index contributed by atoms with van der Waals surface area (Å²) in [6, 6.07) is -0.724. The summed E-state index contributed by atoms with van der Waals surface area (Å²) in [6.07, 6.45) is 52.5. The van der Waals surface area contributed by atoms with Crippen molar-refractivity contribution in [1.82, 2.24) is 0 Å². The van der Waals surface area contributed by atoms with Crippen LogP contribution < -0.4 is 5.11 Å². The topological polar surface area (TPSA) is 102 Å². The molecule has 0 saturated heterocycles. The van der Waals surface area contributed by atoms with Crippen LogP contribution in [-0.4, -0.2) is 75.5 Å². The first kappa shape index (κ1) is 61.1. The van der Waals surface area contributed by atoms with E-state index in [1.165, 1.54) is 186 Å². The maximum Gasteiger partial charge on any atom is 0.306 e. The van der Waals surface area contributed by atoms with Crippen LogP contribution in [0.25, 0.3) is 0 Å². The van der Waals surface area contributed by atoms with Gasteiger partial charge in [-0.05, 0) is 38.5 Å². The molecule has 0 rings (SSSR count). The van der Waals surface area contributed by atoms with Crippen LogP contribution in [0.1, 0.15) is 271 Å². The zero-order valence-electron chi connectivity index (χ0n) is 42.5. The zero-order valence-corrected chi connectivity index (χ0v) is 42.5. The Bertz CT molecular complexity index is 1040. The van der Waals surface area contributed by atoms with Crippen molar-refractivity contribution in [2.45, 2.75) is 283 Å². The molecule has 2 atom stereocenters. The Balaban J connectivity index is 4.11. The molecular weight excluding hydrogens is 787 g/mol. The number of hydrogen-bond acceptors (Lipinski definition) is 7. The highest BCUT2D eigenvalue weighted by Gasteiger charge is 2.25. The third kappa shape index (κ3) is 45.0. The number of hydrogen-bond donors (Lipinski definition) is 0. The minimum absolute atomic E-state index is 0.0434. The second kappa shape index (κ2) is 46.6. The number of carbonyl (C=O) groups is 3. The van der Waals surface area contributed by atoms with Crippen LogP contribution in [0.15, 0.2) is 12.2 Å². The maximum atomic E-state index is 12.8. The lowest BCUT2D eigenvalue weighted by molar-refractivity contribution is -0.889. The van der Waals surface area contributed by atoms with E-state index in [-0.39, 0.29) is 42.7 Å². The number of likely N-dealkylation sites (N-methyl/N-ethyl adjacent to an activating group) is 1. The fraction of sp³-hybridized carbons (Fsp3) is 0.909. The van der Waals surface area contributed by atoms with Gasteiger partial charge in [0.2, 0.25) is 0 Å². The molecule has 0 aliphatic rings. The second-order valence-electron chi connectivity index (χ2n) is 19.8. The molecule has 8 heteroatoms. The van der Waals surface area contributed by atoms with Gasteiger partial charge in [-0.25, -0.2) is 0 Å². The Morgan fingerprint density at radius 3 is 1.14 bits per heavy atom. The van der Waals surface area contributed by atoms with Crippen LogP contribution in [0.3, 0.4) is 0 Å². The van der Waals surface area contributed by atoms with Crippen LogP contribution in [0, 0.1) is 0 Å². The van der Waals surface area contributed by atoms with E-state index in [0.717, 1.165) is 51.4 Å². The van der Waals surface area contributed by atoms with Crippen molar-refractivity contribution < 1.29 is 38.2 Å². The van der Waals surface area contributed by atoms with E-state index < -0.39 is 18.1 Å². The summed E-state index contributed by atoms with van der Waals surface area (Å²) in [4.78, 5) is 37.0. The van der Waals surface area contributed by atoms with Gasteiger partial charge in [-0.1, -0.05) is 225 Å². The molecule has 0 N–H and O–H groups in total. The normalized spacial score (nSPS) is 12.8. The zero-order chi connectivity index (χ0) is 46.3. The molecule has 0 aliphatic heterocycles. The number of allylic oxidation sites excluding steroid dienone is 2. The lowest BCUT2D eigenvalue weighted by atomic mass is 10.0. The fourth-order valence-electron chi connectivity index (χ4n) is 8.42. The highest BCUT2D eigenvalue weighted by Crippen LogP contribution is 2.17. The van der Waals surface area contributed by atoms with Gasteiger partial charge < -0.3 is 28.6 Å². The van der Waals surface area contributed by atoms with Crippen LogP contribution in [-0.2, 0) is 28.6 Å². The Labute approximate surface area is 390 Å². The molecule has 0 amide bonds. The van der Waals surface area contributed by atoms with Gasteiger partial charge in [0.15, 0.2) is 6.10 Å². The highest BCUT2D eigenvalue weighted by molar-refractivity contribution is 5.70. The van der Waals surface area contributed by atoms with Gasteiger partial charge in [0.25, 0.3) is 0 Å². The molecule has 0 aromatic carbocycles. The molecule has 372 valence electrons. The molecule has 0 spiro atoms. The number of nitrogens with zero attached hydrogens (tertiary/aromatic N) is 1. The number of ether oxygens (including phenoxy) is 3. The lowest BCUT2D eigenvalue weighted by Gasteiger charge is -2.34. The van der Waals surface area contributed by atoms with Crippen LogP contribution >= 0.6 is 0 Å². The van der Waals surface area contributed by atoms with E-state index in [0.29, 0.717) is 12.8 Å². The summed E-state index contributed by atoms with van der Waals surface area (Å²) in [5.41, 5.74) is 0. The summed E-state index contributed by atoms with van der Waals surface area (Å²) < 4.78 is 17.3. The van der Waals surface area contributed by atoms with E-state index in [2.05, 4.69) is 26.0 Å². The van der Waals surface area contributed by atoms with Gasteiger partial charge in [0.1, 0.15) is 12.6 Å². The number of rotatable bonds is 50. The first-order valence-electron chi connectivity index (χ1n) is 27.2. The van der Waals surface area contributed by atoms with Gasteiger partial charge in [-0.2, -0.15) is 0 Å². The molecular formula is C55H105NO7. The highest BCUT2D eigenvalue weighted by atomic mass is 16.6. The minimum atomic E-state index is -1.12. The van der Waals surface area contributed by atoms with Crippen molar-refractivity contribution >= 4 is 17.9 Å². The van der Waals surface area contributed by atoms with Crippen molar-refractivity contribution in [3.05, 3.63) is 12.2 Å². The van der Waals surface area contributed by atoms with Crippen molar-refractivity contribution in [1.29, 1.82) is 0 Å². The van der Waals surface area contributed by atoms with Crippen molar-refractivity contribution in [2.75, 3.05) is 41.0 Å². The molecule has 0 aliphatic carbocycles. The van der Waals surface area contributed by atoms with Gasteiger partial charge in [-0.15, -0.1) is 0 Å². The minimum Gasteiger partial charge on any atom is -0.544 e. The molecule has 0 fully saturated rings.